The molecule has 0 saturated carbocycles. The van der Waals surface area contributed by atoms with Gasteiger partial charge >= 0.3 is 0 Å². The van der Waals surface area contributed by atoms with Crippen LogP contribution in [0.4, 0.5) is 0 Å². The molecule has 5 aromatic rings. The van der Waals surface area contributed by atoms with E-state index in [0.717, 1.165) is 52.0 Å². The number of nitrogens with one attached hydrogen (secondary N) is 1. The molecule has 1 unspecified atom stereocenters. The Morgan fingerprint density at radius 1 is 1.05 bits per heavy atom. The zero-order chi connectivity index (χ0) is 25.8. The SMILES string of the molecule is CCCC(c1nnnn1Cc1ccccc1)N(Cc1ccco1)Cc1cc2c(C)cc(C)cc2[nH]c1=O. The summed E-state index contributed by atoms with van der Waals surface area (Å²) in [6.07, 6.45) is 3.44. The normalized spacial score (nSPS) is 12.4. The lowest BCUT2D eigenvalue weighted by Crippen LogP contribution is -2.32. The summed E-state index contributed by atoms with van der Waals surface area (Å²) in [5.41, 5.74) is 4.87. The molecule has 0 fully saturated rings. The number of fused-ring (bicyclic) bond motifs is 1. The minimum Gasteiger partial charge on any atom is -0.468 e. The molecule has 8 nitrogen and oxygen atoms in total. The minimum absolute atomic E-state index is 0.0823. The Morgan fingerprint density at radius 2 is 1.89 bits per heavy atom. The van der Waals surface area contributed by atoms with E-state index in [9.17, 15) is 4.79 Å². The molecule has 0 spiro atoms. The maximum atomic E-state index is 13.2. The second-order valence-electron chi connectivity index (χ2n) is 9.64. The maximum absolute atomic E-state index is 13.2. The average molecular weight is 497 g/mol. The highest BCUT2D eigenvalue weighted by Crippen LogP contribution is 2.29. The molecule has 5 rings (SSSR count). The fraction of sp³-hybridized carbons (Fsp3) is 0.310. The Labute approximate surface area is 215 Å². The van der Waals surface area contributed by atoms with E-state index < -0.39 is 0 Å². The van der Waals surface area contributed by atoms with Crippen molar-refractivity contribution >= 4 is 10.9 Å². The Morgan fingerprint density at radius 3 is 2.65 bits per heavy atom. The van der Waals surface area contributed by atoms with Gasteiger partial charge in [0.05, 0.1) is 25.4 Å². The quantitative estimate of drug-likeness (QED) is 0.281. The summed E-state index contributed by atoms with van der Waals surface area (Å²) in [5, 5.41) is 13.9. The van der Waals surface area contributed by atoms with E-state index in [1.54, 1.807) is 6.26 Å². The Hall–Kier alpha value is -4.04. The van der Waals surface area contributed by atoms with Gasteiger partial charge in [0.1, 0.15) is 5.76 Å². The summed E-state index contributed by atoms with van der Waals surface area (Å²) in [4.78, 5) is 18.6. The molecule has 0 bridgehead atoms. The zero-order valence-electron chi connectivity index (χ0n) is 21.5. The molecule has 0 saturated heterocycles. The summed E-state index contributed by atoms with van der Waals surface area (Å²) < 4.78 is 7.58. The summed E-state index contributed by atoms with van der Waals surface area (Å²) in [6, 6.07) is 20.1. The fourth-order valence-electron chi connectivity index (χ4n) is 5.00. The molecular weight excluding hydrogens is 464 g/mol. The maximum Gasteiger partial charge on any atom is 0.252 e. The van der Waals surface area contributed by atoms with Crippen molar-refractivity contribution in [1.82, 2.24) is 30.1 Å². The summed E-state index contributed by atoms with van der Waals surface area (Å²) in [7, 11) is 0. The first kappa shape index (κ1) is 24.6. The Kier molecular flexibility index (Phi) is 7.28. The number of tetrazole rings is 1. The first-order chi connectivity index (χ1) is 18.0. The molecular formula is C29H32N6O2. The first-order valence-corrected chi connectivity index (χ1v) is 12.7. The molecule has 0 amide bonds. The number of benzene rings is 2. The lowest BCUT2D eigenvalue weighted by molar-refractivity contribution is 0.144. The third kappa shape index (κ3) is 5.54. The highest BCUT2D eigenvalue weighted by atomic mass is 16.3. The van der Waals surface area contributed by atoms with Crippen LogP contribution in [0.2, 0.25) is 0 Å². The number of H-pyrrole nitrogens is 1. The second kappa shape index (κ2) is 10.9. The van der Waals surface area contributed by atoms with Gasteiger partial charge in [0.2, 0.25) is 0 Å². The van der Waals surface area contributed by atoms with Crippen LogP contribution < -0.4 is 5.56 Å². The molecule has 0 aliphatic heterocycles. The van der Waals surface area contributed by atoms with Crippen LogP contribution in [0.15, 0.2) is 76.1 Å². The summed E-state index contributed by atoms with van der Waals surface area (Å²) >= 11 is 0. The molecule has 3 aromatic heterocycles. The molecule has 8 heteroatoms. The van der Waals surface area contributed by atoms with E-state index in [0.29, 0.717) is 25.2 Å². The van der Waals surface area contributed by atoms with Crippen molar-refractivity contribution in [2.75, 3.05) is 0 Å². The second-order valence-corrected chi connectivity index (χ2v) is 9.64. The first-order valence-electron chi connectivity index (χ1n) is 12.7. The van der Waals surface area contributed by atoms with Gasteiger partial charge in [0.25, 0.3) is 5.56 Å². The molecule has 0 aliphatic carbocycles. The fourth-order valence-corrected chi connectivity index (χ4v) is 5.00. The molecule has 2 aromatic carbocycles. The topological polar surface area (TPSA) is 92.8 Å². The average Bonchev–Trinajstić information content (AvgIpc) is 3.56. The molecule has 1 N–H and O–H groups in total. The van der Waals surface area contributed by atoms with Crippen LogP contribution in [0, 0.1) is 13.8 Å². The molecule has 190 valence electrons. The number of furan rings is 1. The van der Waals surface area contributed by atoms with E-state index in [-0.39, 0.29) is 11.6 Å². The van der Waals surface area contributed by atoms with Gasteiger partial charge in [-0.3, -0.25) is 9.69 Å². The molecule has 37 heavy (non-hydrogen) atoms. The number of pyridine rings is 1. The van der Waals surface area contributed by atoms with Crippen molar-refractivity contribution in [3.05, 3.63) is 111 Å². The van der Waals surface area contributed by atoms with Crippen molar-refractivity contribution in [3.63, 3.8) is 0 Å². The summed E-state index contributed by atoms with van der Waals surface area (Å²) in [6.45, 7) is 7.81. The van der Waals surface area contributed by atoms with Gasteiger partial charge in [-0.15, -0.1) is 5.10 Å². The van der Waals surface area contributed by atoms with Gasteiger partial charge in [-0.2, -0.15) is 0 Å². The third-order valence-electron chi connectivity index (χ3n) is 6.74. The van der Waals surface area contributed by atoms with Crippen LogP contribution in [0.25, 0.3) is 10.9 Å². The van der Waals surface area contributed by atoms with E-state index >= 15 is 0 Å². The predicted octanol–water partition coefficient (Wildman–Crippen LogP) is 5.32. The van der Waals surface area contributed by atoms with Crippen LogP contribution in [-0.2, 0) is 19.6 Å². The lowest BCUT2D eigenvalue weighted by atomic mass is 10.0. The van der Waals surface area contributed by atoms with Gasteiger partial charge < -0.3 is 9.40 Å². The zero-order valence-corrected chi connectivity index (χ0v) is 21.5. The van der Waals surface area contributed by atoms with Crippen molar-refractivity contribution < 1.29 is 4.42 Å². The molecule has 3 heterocycles. The van der Waals surface area contributed by atoms with E-state index in [1.165, 1.54) is 0 Å². The number of aromatic amines is 1. The molecule has 0 aliphatic rings. The van der Waals surface area contributed by atoms with Crippen LogP contribution in [-0.4, -0.2) is 30.1 Å². The molecule has 1 atom stereocenters. The van der Waals surface area contributed by atoms with Gasteiger partial charge in [-0.1, -0.05) is 49.7 Å². The standard InChI is InChI=1S/C29H32N6O2/c1-4-9-27(28-31-32-33-35(28)17-22-10-6-5-7-11-22)34(19-24-12-8-13-37-24)18-23-16-25-21(3)14-20(2)15-26(25)30-29(23)36/h5-8,10-16,27H,4,9,17-19H2,1-3H3,(H,30,36). The minimum atomic E-state index is -0.108. The Bertz CT molecular complexity index is 1520. The number of aryl methyl sites for hydroxylation is 2. The van der Waals surface area contributed by atoms with Crippen LogP contribution >= 0.6 is 0 Å². The van der Waals surface area contributed by atoms with E-state index in [2.05, 4.69) is 57.5 Å². The van der Waals surface area contributed by atoms with Gasteiger partial charge in [-0.05, 0) is 71.7 Å². The third-order valence-corrected chi connectivity index (χ3v) is 6.74. The van der Waals surface area contributed by atoms with E-state index in [4.69, 9.17) is 4.42 Å². The number of hydrogen-bond donors (Lipinski definition) is 1. The monoisotopic (exact) mass is 496 g/mol. The number of aromatic nitrogens is 5. The highest BCUT2D eigenvalue weighted by molar-refractivity contribution is 5.83. The van der Waals surface area contributed by atoms with Gasteiger partial charge in [0, 0.05) is 23.0 Å². The largest absolute Gasteiger partial charge is 0.468 e. The van der Waals surface area contributed by atoms with Gasteiger partial charge in [-0.25, -0.2) is 4.68 Å². The smallest absolute Gasteiger partial charge is 0.252 e. The highest BCUT2D eigenvalue weighted by Gasteiger charge is 2.27. The van der Waals surface area contributed by atoms with Crippen molar-refractivity contribution in [1.29, 1.82) is 0 Å². The van der Waals surface area contributed by atoms with Crippen LogP contribution in [0.1, 0.15) is 59.6 Å². The predicted molar refractivity (Wildman–Crippen MR) is 143 cm³/mol. The molecule has 0 radical (unpaired) electrons. The number of rotatable bonds is 10. The van der Waals surface area contributed by atoms with Crippen molar-refractivity contribution in [3.8, 4) is 0 Å². The van der Waals surface area contributed by atoms with Crippen LogP contribution in [0.5, 0.6) is 0 Å². The van der Waals surface area contributed by atoms with Crippen molar-refractivity contribution in [2.45, 2.75) is 59.3 Å². The van der Waals surface area contributed by atoms with Crippen molar-refractivity contribution in [2.24, 2.45) is 0 Å². The summed E-state index contributed by atoms with van der Waals surface area (Å²) in [5.74, 6) is 1.61. The number of hydrogen-bond acceptors (Lipinski definition) is 6. The van der Waals surface area contributed by atoms with E-state index in [1.807, 2.05) is 54.1 Å². The van der Waals surface area contributed by atoms with Gasteiger partial charge in [0.15, 0.2) is 5.82 Å². The Balaban J connectivity index is 1.54. The number of nitrogens with zero attached hydrogens (tertiary/aromatic N) is 5. The van der Waals surface area contributed by atoms with Crippen LogP contribution in [0.3, 0.4) is 0 Å². The lowest BCUT2D eigenvalue weighted by Gasteiger charge is -2.30.